The van der Waals surface area contributed by atoms with Crippen LogP contribution >= 0.6 is 11.6 Å². The zero-order chi connectivity index (χ0) is 16.2. The Bertz CT molecular complexity index is 870. The highest BCUT2D eigenvalue weighted by Gasteiger charge is 2.45. The number of hydrogen-bond acceptors (Lipinski definition) is 4. The van der Waals surface area contributed by atoms with Gasteiger partial charge in [-0.2, -0.15) is 9.40 Å². The number of halogens is 2. The fraction of sp³-hybridized carbons (Fsp3) is 0.357. The van der Waals surface area contributed by atoms with Crippen molar-refractivity contribution in [3.05, 3.63) is 41.4 Å². The van der Waals surface area contributed by atoms with Crippen molar-refractivity contribution in [2.75, 3.05) is 13.2 Å². The van der Waals surface area contributed by atoms with Crippen LogP contribution in [0, 0.1) is 5.82 Å². The number of aromatic nitrogens is 2. The van der Waals surface area contributed by atoms with Crippen LogP contribution in [0.25, 0.3) is 5.69 Å². The molecule has 0 N–H and O–H groups in total. The standard InChI is InChI=1S/C14H13ClFN3O3S/c15-13-2-1-9(4-14(13)16)18-7-12(5-17-18)23(20,21)19-6-11-3-10(19)8-22-11/h1-2,4-5,7,10-11H,3,6,8H2/t10-,11-/m0/s1. The maximum Gasteiger partial charge on any atom is 0.246 e. The highest BCUT2D eigenvalue weighted by atomic mass is 35.5. The van der Waals surface area contributed by atoms with E-state index in [1.165, 1.54) is 33.5 Å². The van der Waals surface area contributed by atoms with Gasteiger partial charge in [0.1, 0.15) is 10.7 Å². The van der Waals surface area contributed by atoms with Gasteiger partial charge >= 0.3 is 0 Å². The summed E-state index contributed by atoms with van der Waals surface area (Å²) < 4.78 is 47.2. The minimum absolute atomic E-state index is 0.00171. The van der Waals surface area contributed by atoms with Crippen molar-refractivity contribution in [1.29, 1.82) is 0 Å². The molecule has 0 aliphatic carbocycles. The van der Waals surface area contributed by atoms with Crippen molar-refractivity contribution >= 4 is 21.6 Å². The molecule has 2 aliphatic heterocycles. The van der Waals surface area contributed by atoms with Crippen LogP contribution in [-0.2, 0) is 14.8 Å². The summed E-state index contributed by atoms with van der Waals surface area (Å²) in [6.07, 6.45) is 3.37. The fourth-order valence-corrected chi connectivity index (χ4v) is 4.71. The van der Waals surface area contributed by atoms with Crippen LogP contribution in [0.1, 0.15) is 6.42 Å². The molecule has 23 heavy (non-hydrogen) atoms. The summed E-state index contributed by atoms with van der Waals surface area (Å²) in [5.41, 5.74) is 0.402. The monoisotopic (exact) mass is 357 g/mol. The number of benzene rings is 1. The molecule has 2 atom stereocenters. The molecule has 0 amide bonds. The molecule has 9 heteroatoms. The topological polar surface area (TPSA) is 64.4 Å². The highest BCUT2D eigenvalue weighted by Crippen LogP contribution is 2.32. The molecule has 6 nitrogen and oxygen atoms in total. The number of rotatable bonds is 3. The van der Waals surface area contributed by atoms with Gasteiger partial charge in [-0.25, -0.2) is 17.5 Å². The van der Waals surface area contributed by atoms with E-state index in [1.807, 2.05) is 0 Å². The van der Waals surface area contributed by atoms with E-state index in [1.54, 1.807) is 6.07 Å². The first-order valence-corrected chi connectivity index (χ1v) is 8.90. The smallest absolute Gasteiger partial charge is 0.246 e. The van der Waals surface area contributed by atoms with Crippen LogP contribution < -0.4 is 0 Å². The molecular formula is C14H13ClFN3O3S. The van der Waals surface area contributed by atoms with E-state index in [0.717, 1.165) is 6.42 Å². The van der Waals surface area contributed by atoms with E-state index in [2.05, 4.69) is 5.10 Å². The summed E-state index contributed by atoms with van der Waals surface area (Å²) >= 11 is 5.65. The normalized spacial score (nSPS) is 24.4. The Morgan fingerprint density at radius 1 is 1.39 bits per heavy atom. The number of nitrogens with zero attached hydrogens (tertiary/aromatic N) is 3. The van der Waals surface area contributed by atoms with Crippen molar-refractivity contribution in [2.24, 2.45) is 0 Å². The third kappa shape index (κ3) is 2.46. The lowest BCUT2D eigenvalue weighted by Gasteiger charge is -2.25. The van der Waals surface area contributed by atoms with Crippen LogP contribution in [0.15, 0.2) is 35.5 Å². The SMILES string of the molecule is O=S(=O)(c1cnn(-c2ccc(Cl)c(F)c2)c1)N1C[C@@H]2C[C@H]1CO2. The Morgan fingerprint density at radius 3 is 2.87 bits per heavy atom. The molecule has 2 bridgehead atoms. The maximum absolute atomic E-state index is 13.5. The average molecular weight is 358 g/mol. The van der Waals surface area contributed by atoms with Crippen LogP contribution in [-0.4, -0.2) is 47.8 Å². The summed E-state index contributed by atoms with van der Waals surface area (Å²) in [7, 11) is -3.62. The number of hydrogen-bond donors (Lipinski definition) is 0. The van der Waals surface area contributed by atoms with Crippen LogP contribution in [0.2, 0.25) is 5.02 Å². The van der Waals surface area contributed by atoms with Gasteiger partial charge < -0.3 is 4.74 Å². The van der Waals surface area contributed by atoms with Crippen molar-refractivity contribution in [3.63, 3.8) is 0 Å². The van der Waals surface area contributed by atoms with Crippen LogP contribution in [0.3, 0.4) is 0 Å². The molecule has 2 aromatic rings. The van der Waals surface area contributed by atoms with Crippen molar-refractivity contribution in [3.8, 4) is 5.69 Å². The van der Waals surface area contributed by atoms with Gasteiger partial charge in [0, 0.05) is 12.6 Å². The van der Waals surface area contributed by atoms with Crippen molar-refractivity contribution in [2.45, 2.75) is 23.5 Å². The summed E-state index contributed by atoms with van der Waals surface area (Å²) in [5, 5.41) is 4.03. The van der Waals surface area contributed by atoms with E-state index in [-0.39, 0.29) is 22.1 Å². The van der Waals surface area contributed by atoms with Gasteiger partial charge in [0.15, 0.2) is 0 Å². The Balaban J connectivity index is 1.66. The predicted molar refractivity (Wildman–Crippen MR) is 80.6 cm³/mol. The molecule has 1 aromatic carbocycles. The van der Waals surface area contributed by atoms with Gasteiger partial charge in [0.25, 0.3) is 0 Å². The average Bonchev–Trinajstić information content (AvgIpc) is 3.25. The lowest BCUT2D eigenvalue weighted by molar-refractivity contribution is 0.0608. The predicted octanol–water partition coefficient (Wildman–Crippen LogP) is 1.83. The fourth-order valence-electron chi connectivity index (χ4n) is 3.00. The van der Waals surface area contributed by atoms with E-state index in [4.69, 9.17) is 16.3 Å². The Labute approximate surface area is 137 Å². The second-order valence-corrected chi connectivity index (χ2v) is 7.94. The quantitative estimate of drug-likeness (QED) is 0.840. The van der Waals surface area contributed by atoms with Gasteiger partial charge in [-0.05, 0) is 18.6 Å². The van der Waals surface area contributed by atoms with Gasteiger partial charge in [0.05, 0.1) is 41.9 Å². The summed E-state index contributed by atoms with van der Waals surface area (Å²) in [5.74, 6) is -0.585. The molecule has 2 aliphatic rings. The second-order valence-electron chi connectivity index (χ2n) is 5.64. The summed E-state index contributed by atoms with van der Waals surface area (Å²) in [4.78, 5) is 0.0837. The largest absolute Gasteiger partial charge is 0.375 e. The minimum Gasteiger partial charge on any atom is -0.375 e. The van der Waals surface area contributed by atoms with Gasteiger partial charge in [-0.1, -0.05) is 11.6 Å². The van der Waals surface area contributed by atoms with E-state index >= 15 is 0 Å². The third-order valence-corrected chi connectivity index (χ3v) is 6.36. The van der Waals surface area contributed by atoms with E-state index in [0.29, 0.717) is 18.8 Å². The van der Waals surface area contributed by atoms with Crippen molar-refractivity contribution < 1.29 is 17.5 Å². The first-order valence-electron chi connectivity index (χ1n) is 7.09. The number of morpholine rings is 1. The Hall–Kier alpha value is -1.48. The van der Waals surface area contributed by atoms with Gasteiger partial charge in [-0.15, -0.1) is 0 Å². The molecule has 1 aromatic heterocycles. The number of fused-ring (bicyclic) bond motifs is 2. The third-order valence-electron chi connectivity index (χ3n) is 4.18. The first-order chi connectivity index (χ1) is 10.9. The number of ether oxygens (including phenoxy) is 1. The van der Waals surface area contributed by atoms with Crippen LogP contribution in [0.4, 0.5) is 4.39 Å². The zero-order valence-corrected chi connectivity index (χ0v) is 13.5. The van der Waals surface area contributed by atoms with Gasteiger partial charge in [-0.3, -0.25) is 0 Å². The lowest BCUT2D eigenvalue weighted by Crippen LogP contribution is -2.41. The Kier molecular flexibility index (Phi) is 3.45. The first kappa shape index (κ1) is 15.1. The number of sulfonamides is 1. The molecule has 0 unspecified atom stereocenters. The molecule has 0 radical (unpaired) electrons. The maximum atomic E-state index is 13.5. The van der Waals surface area contributed by atoms with Crippen molar-refractivity contribution in [1.82, 2.24) is 14.1 Å². The molecular weight excluding hydrogens is 345 g/mol. The molecule has 2 fully saturated rings. The molecule has 3 heterocycles. The van der Waals surface area contributed by atoms with Gasteiger partial charge in [0.2, 0.25) is 10.0 Å². The molecule has 2 saturated heterocycles. The molecule has 0 saturated carbocycles. The highest BCUT2D eigenvalue weighted by molar-refractivity contribution is 7.89. The minimum atomic E-state index is -3.62. The lowest BCUT2D eigenvalue weighted by atomic mass is 10.3. The van der Waals surface area contributed by atoms with Crippen LogP contribution in [0.5, 0.6) is 0 Å². The molecule has 0 spiro atoms. The summed E-state index contributed by atoms with van der Waals surface area (Å²) in [6, 6.07) is 4.07. The van der Waals surface area contributed by atoms with E-state index in [9.17, 15) is 12.8 Å². The molecule has 122 valence electrons. The Morgan fingerprint density at radius 2 is 2.22 bits per heavy atom. The van der Waals surface area contributed by atoms with E-state index < -0.39 is 15.8 Å². The molecule has 4 rings (SSSR count). The zero-order valence-electron chi connectivity index (χ0n) is 11.9. The summed E-state index contributed by atoms with van der Waals surface area (Å²) in [6.45, 7) is 0.800. The second kappa shape index (κ2) is 5.27.